The summed E-state index contributed by atoms with van der Waals surface area (Å²) < 4.78 is 39.8. The van der Waals surface area contributed by atoms with Crippen molar-refractivity contribution in [3.63, 3.8) is 0 Å². The number of thiazole rings is 1. The summed E-state index contributed by atoms with van der Waals surface area (Å²) in [4.78, 5) is 7.01. The summed E-state index contributed by atoms with van der Waals surface area (Å²) in [5, 5.41) is 11.3. The molecule has 20 heavy (non-hydrogen) atoms. The van der Waals surface area contributed by atoms with Gasteiger partial charge in [0.25, 0.3) is 0 Å². The molecule has 0 aliphatic carbocycles. The predicted octanol–water partition coefficient (Wildman–Crippen LogP) is 2.67. The summed E-state index contributed by atoms with van der Waals surface area (Å²) in [7, 11) is 0. The summed E-state index contributed by atoms with van der Waals surface area (Å²) in [6.45, 7) is 0.469. The first kappa shape index (κ1) is 13.7. The van der Waals surface area contributed by atoms with E-state index in [2.05, 4.69) is 4.98 Å². The normalized spacial score (nSPS) is 18.1. The van der Waals surface area contributed by atoms with Crippen LogP contribution in [0.25, 0.3) is 4.96 Å². The van der Waals surface area contributed by atoms with Crippen molar-refractivity contribution in [2.24, 2.45) is 5.92 Å². The molecule has 2 aromatic heterocycles. The monoisotopic (exact) mass is 305 g/mol. The van der Waals surface area contributed by atoms with E-state index in [0.29, 0.717) is 24.6 Å². The molecule has 8 heteroatoms. The number of fused-ring (bicyclic) bond motifs is 1. The van der Waals surface area contributed by atoms with E-state index in [-0.39, 0.29) is 19.4 Å². The molecule has 1 N–H and O–H groups in total. The van der Waals surface area contributed by atoms with Crippen LogP contribution in [0.4, 0.5) is 19.0 Å². The van der Waals surface area contributed by atoms with E-state index in [0.717, 1.165) is 4.96 Å². The first-order valence-corrected chi connectivity index (χ1v) is 7.25. The van der Waals surface area contributed by atoms with Gasteiger partial charge in [-0.1, -0.05) is 0 Å². The van der Waals surface area contributed by atoms with Crippen LogP contribution in [0.1, 0.15) is 18.5 Å². The highest BCUT2D eigenvalue weighted by Gasteiger charge is 2.41. The molecule has 1 aliphatic heterocycles. The fraction of sp³-hybridized carbons (Fsp3) is 0.583. The number of aliphatic hydroxyl groups excluding tert-OH is 1. The van der Waals surface area contributed by atoms with Crippen LogP contribution in [0.3, 0.4) is 0 Å². The van der Waals surface area contributed by atoms with E-state index >= 15 is 0 Å². The number of alkyl halides is 3. The third-order valence-corrected chi connectivity index (χ3v) is 4.50. The quantitative estimate of drug-likeness (QED) is 0.927. The Bertz CT molecular complexity index is 599. The second-order valence-corrected chi connectivity index (χ2v) is 5.77. The molecule has 0 unspecified atom stereocenters. The van der Waals surface area contributed by atoms with Crippen molar-refractivity contribution in [2.45, 2.75) is 25.6 Å². The number of halogens is 3. The summed E-state index contributed by atoms with van der Waals surface area (Å²) in [5.74, 6) is -0.611. The molecule has 110 valence electrons. The Morgan fingerprint density at radius 1 is 1.35 bits per heavy atom. The van der Waals surface area contributed by atoms with E-state index in [1.54, 1.807) is 4.40 Å². The van der Waals surface area contributed by atoms with Gasteiger partial charge in [-0.2, -0.15) is 13.2 Å². The molecular formula is C12H14F3N3OS. The number of hydrogen-bond donors (Lipinski definition) is 1. The average molecular weight is 305 g/mol. The van der Waals surface area contributed by atoms with Crippen molar-refractivity contribution >= 4 is 22.1 Å². The molecule has 1 aliphatic rings. The van der Waals surface area contributed by atoms with Crippen molar-refractivity contribution in [3.05, 3.63) is 17.3 Å². The lowest BCUT2D eigenvalue weighted by Crippen LogP contribution is -2.39. The smallest absolute Gasteiger partial charge is 0.390 e. The molecule has 0 aromatic carbocycles. The van der Waals surface area contributed by atoms with Gasteiger partial charge in [0, 0.05) is 24.7 Å². The molecule has 3 heterocycles. The molecule has 2 aromatic rings. The van der Waals surface area contributed by atoms with E-state index in [1.807, 2.05) is 16.5 Å². The molecule has 4 nitrogen and oxygen atoms in total. The first-order chi connectivity index (χ1) is 9.50. The van der Waals surface area contributed by atoms with Gasteiger partial charge >= 0.3 is 6.18 Å². The molecule has 0 amide bonds. The van der Waals surface area contributed by atoms with Crippen LogP contribution in [-0.2, 0) is 6.61 Å². The van der Waals surface area contributed by atoms with Gasteiger partial charge in [0.1, 0.15) is 0 Å². The van der Waals surface area contributed by atoms with Crippen LogP contribution in [0.5, 0.6) is 0 Å². The van der Waals surface area contributed by atoms with Gasteiger partial charge in [-0.05, 0) is 12.8 Å². The molecule has 1 fully saturated rings. The van der Waals surface area contributed by atoms with Gasteiger partial charge in [0.15, 0.2) is 10.8 Å². The summed E-state index contributed by atoms with van der Waals surface area (Å²) in [6, 6.07) is 0. The second-order valence-electron chi connectivity index (χ2n) is 4.90. The molecule has 1 saturated heterocycles. The molecule has 3 rings (SSSR count). The Kier molecular flexibility index (Phi) is 3.37. The standard InChI is InChI=1S/C12H14F3N3OS/c13-12(14,15)8-1-3-17(4-2-8)10-9(7-19)18-5-6-20-11(18)16-10/h5-6,8,19H,1-4,7H2. The van der Waals surface area contributed by atoms with Crippen LogP contribution < -0.4 is 4.90 Å². The van der Waals surface area contributed by atoms with Crippen molar-refractivity contribution in [1.29, 1.82) is 0 Å². The molecule has 0 bridgehead atoms. The lowest BCUT2D eigenvalue weighted by atomic mass is 9.96. The Morgan fingerprint density at radius 2 is 2.05 bits per heavy atom. The van der Waals surface area contributed by atoms with Gasteiger partial charge in [-0.3, -0.25) is 4.40 Å². The highest BCUT2D eigenvalue weighted by atomic mass is 32.1. The Hall–Kier alpha value is -1.28. The van der Waals surface area contributed by atoms with Crippen LogP contribution in [0.2, 0.25) is 0 Å². The molecule has 0 radical (unpaired) electrons. The summed E-state index contributed by atoms with van der Waals surface area (Å²) in [6.07, 6.45) is -2.13. The molecule has 0 saturated carbocycles. The maximum Gasteiger partial charge on any atom is 0.391 e. The van der Waals surface area contributed by atoms with Crippen LogP contribution in [0.15, 0.2) is 11.6 Å². The number of hydrogen-bond acceptors (Lipinski definition) is 4. The van der Waals surface area contributed by atoms with Crippen molar-refractivity contribution in [3.8, 4) is 0 Å². The van der Waals surface area contributed by atoms with E-state index in [1.165, 1.54) is 11.3 Å². The highest BCUT2D eigenvalue weighted by molar-refractivity contribution is 7.15. The number of anilines is 1. The fourth-order valence-corrected chi connectivity index (χ4v) is 3.37. The zero-order chi connectivity index (χ0) is 14.3. The minimum Gasteiger partial charge on any atom is -0.390 e. The maximum atomic E-state index is 12.7. The van der Waals surface area contributed by atoms with Crippen molar-refractivity contribution < 1.29 is 18.3 Å². The fourth-order valence-electron chi connectivity index (χ4n) is 2.64. The highest BCUT2D eigenvalue weighted by Crippen LogP contribution is 2.36. The number of rotatable bonds is 2. The van der Waals surface area contributed by atoms with E-state index in [9.17, 15) is 18.3 Å². The molecule has 0 spiro atoms. The number of aliphatic hydroxyl groups is 1. The van der Waals surface area contributed by atoms with Gasteiger partial charge in [-0.15, -0.1) is 11.3 Å². The van der Waals surface area contributed by atoms with Crippen LogP contribution in [0, 0.1) is 5.92 Å². The van der Waals surface area contributed by atoms with Gasteiger partial charge in [-0.25, -0.2) is 4.98 Å². The number of piperidine rings is 1. The Labute approximate surface area is 117 Å². The predicted molar refractivity (Wildman–Crippen MR) is 70.0 cm³/mol. The average Bonchev–Trinajstić information content (AvgIpc) is 2.97. The van der Waals surface area contributed by atoms with Crippen molar-refractivity contribution in [1.82, 2.24) is 9.38 Å². The third kappa shape index (κ3) is 2.26. The lowest BCUT2D eigenvalue weighted by Gasteiger charge is -2.33. The van der Waals surface area contributed by atoms with Gasteiger partial charge < -0.3 is 10.0 Å². The molecular weight excluding hydrogens is 291 g/mol. The van der Waals surface area contributed by atoms with E-state index in [4.69, 9.17) is 0 Å². The lowest BCUT2D eigenvalue weighted by molar-refractivity contribution is -0.179. The zero-order valence-electron chi connectivity index (χ0n) is 10.6. The van der Waals surface area contributed by atoms with Gasteiger partial charge in [0.05, 0.1) is 18.2 Å². The Balaban J connectivity index is 1.81. The van der Waals surface area contributed by atoms with Crippen molar-refractivity contribution in [2.75, 3.05) is 18.0 Å². The number of nitrogens with zero attached hydrogens (tertiary/aromatic N) is 3. The van der Waals surface area contributed by atoms with Crippen LogP contribution >= 0.6 is 11.3 Å². The van der Waals surface area contributed by atoms with E-state index < -0.39 is 12.1 Å². The Morgan fingerprint density at radius 3 is 2.65 bits per heavy atom. The third-order valence-electron chi connectivity index (χ3n) is 3.75. The van der Waals surface area contributed by atoms with Crippen LogP contribution in [-0.4, -0.2) is 33.8 Å². The minimum absolute atomic E-state index is 0.0829. The summed E-state index contributed by atoms with van der Waals surface area (Å²) in [5.41, 5.74) is 0.645. The largest absolute Gasteiger partial charge is 0.391 e. The second kappa shape index (κ2) is 4.92. The maximum absolute atomic E-state index is 12.7. The summed E-state index contributed by atoms with van der Waals surface area (Å²) >= 11 is 1.44. The first-order valence-electron chi connectivity index (χ1n) is 6.37. The topological polar surface area (TPSA) is 40.8 Å². The zero-order valence-corrected chi connectivity index (χ0v) is 11.4. The SMILES string of the molecule is OCc1c(N2CCC(C(F)(F)F)CC2)nc2sccn12. The molecule has 0 atom stereocenters. The number of aromatic nitrogens is 2. The minimum atomic E-state index is -4.11. The van der Waals surface area contributed by atoms with Gasteiger partial charge in [0.2, 0.25) is 0 Å². The number of imidazole rings is 1.